The van der Waals surface area contributed by atoms with E-state index in [0.29, 0.717) is 0 Å². The molecule has 0 aliphatic rings. The van der Waals surface area contributed by atoms with Crippen molar-refractivity contribution in [2.45, 2.75) is 6.18 Å². The molecule has 0 aliphatic carbocycles. The maximum atomic E-state index is 12.4. The normalized spacial score (nSPS) is 12.3. The molecule has 1 aromatic carbocycles. The lowest BCUT2D eigenvalue weighted by Crippen LogP contribution is -2.05. The Hall–Kier alpha value is -1.11. The highest BCUT2D eigenvalue weighted by atomic mass is 79.9. The van der Waals surface area contributed by atoms with Gasteiger partial charge in [0.2, 0.25) is 0 Å². The van der Waals surface area contributed by atoms with Crippen LogP contribution in [0.3, 0.4) is 0 Å². The van der Waals surface area contributed by atoms with Crippen LogP contribution >= 0.6 is 15.9 Å². The van der Waals surface area contributed by atoms with E-state index in [-0.39, 0.29) is 15.5 Å². The average molecular weight is 267 g/mol. The van der Waals surface area contributed by atoms with E-state index in [0.717, 1.165) is 6.07 Å². The Morgan fingerprint density at radius 3 is 2.29 bits per heavy atom. The maximum absolute atomic E-state index is 12.4. The molecule has 0 spiro atoms. The molecule has 3 nitrogen and oxygen atoms in total. The number of hydrogen-bond acceptors (Lipinski definition) is 3. The van der Waals surface area contributed by atoms with Crippen LogP contribution in [0, 0.1) is 0 Å². The van der Waals surface area contributed by atoms with Gasteiger partial charge >= 0.3 is 6.18 Å². The van der Waals surface area contributed by atoms with Gasteiger partial charge < -0.3 is 0 Å². The minimum absolute atomic E-state index is 0.0757. The van der Waals surface area contributed by atoms with E-state index >= 15 is 0 Å². The molecule has 0 bridgehead atoms. The second-order valence-electron chi connectivity index (χ2n) is 2.58. The Labute approximate surface area is 84.0 Å². The maximum Gasteiger partial charge on any atom is 0.417 e. The predicted octanol–water partition coefficient (Wildman–Crippen LogP) is 3.00. The van der Waals surface area contributed by atoms with Gasteiger partial charge in [-0.1, -0.05) is 15.9 Å². The Bertz CT molecular complexity index is 479. The lowest BCUT2D eigenvalue weighted by atomic mass is 10.2. The number of nitrogens with zero attached hydrogens (tertiary/aromatic N) is 2. The van der Waals surface area contributed by atoms with Crippen LogP contribution in [0.25, 0.3) is 11.0 Å². The fourth-order valence-corrected chi connectivity index (χ4v) is 1.58. The molecule has 0 unspecified atom stereocenters. The van der Waals surface area contributed by atoms with E-state index in [1.165, 1.54) is 6.07 Å². The molecule has 7 heteroatoms. The molecular weight excluding hydrogens is 265 g/mol. The Morgan fingerprint density at radius 2 is 1.71 bits per heavy atom. The number of alkyl halides is 3. The summed E-state index contributed by atoms with van der Waals surface area (Å²) in [5, 5.41) is 6.75. The lowest BCUT2D eigenvalue weighted by molar-refractivity contribution is -0.138. The first-order valence-corrected chi connectivity index (χ1v) is 4.27. The third-order valence-electron chi connectivity index (χ3n) is 1.65. The molecule has 0 saturated carbocycles. The molecule has 2 aromatic rings. The first kappa shape index (κ1) is 9.45. The second kappa shape index (κ2) is 2.94. The van der Waals surface area contributed by atoms with Crippen LogP contribution in [0.5, 0.6) is 0 Å². The van der Waals surface area contributed by atoms with Crippen molar-refractivity contribution in [1.29, 1.82) is 0 Å². The van der Waals surface area contributed by atoms with Crippen LogP contribution in [-0.4, -0.2) is 10.3 Å². The highest BCUT2D eigenvalue weighted by molar-refractivity contribution is 9.10. The van der Waals surface area contributed by atoms with Crippen LogP contribution in [0.15, 0.2) is 21.2 Å². The third-order valence-corrected chi connectivity index (χ3v) is 2.30. The molecule has 0 N–H and O–H groups in total. The number of rotatable bonds is 0. The predicted molar refractivity (Wildman–Crippen MR) is 44.5 cm³/mol. The van der Waals surface area contributed by atoms with E-state index in [9.17, 15) is 13.2 Å². The zero-order chi connectivity index (χ0) is 10.3. The summed E-state index contributed by atoms with van der Waals surface area (Å²) < 4.78 is 41.3. The van der Waals surface area contributed by atoms with Gasteiger partial charge in [0.25, 0.3) is 0 Å². The lowest BCUT2D eigenvalue weighted by Gasteiger charge is -2.07. The molecule has 1 aromatic heterocycles. The quantitative estimate of drug-likeness (QED) is 0.736. The number of benzene rings is 1. The van der Waals surface area contributed by atoms with Crippen molar-refractivity contribution < 1.29 is 17.8 Å². The van der Waals surface area contributed by atoms with E-state index in [1.807, 2.05) is 0 Å². The van der Waals surface area contributed by atoms with Crippen LogP contribution in [0.2, 0.25) is 0 Å². The Morgan fingerprint density at radius 1 is 1.14 bits per heavy atom. The van der Waals surface area contributed by atoms with Crippen molar-refractivity contribution in [2.75, 3.05) is 0 Å². The van der Waals surface area contributed by atoms with Gasteiger partial charge in [-0.2, -0.15) is 13.2 Å². The van der Waals surface area contributed by atoms with Gasteiger partial charge in [-0.3, -0.25) is 0 Å². The topological polar surface area (TPSA) is 38.9 Å². The van der Waals surface area contributed by atoms with Crippen molar-refractivity contribution in [1.82, 2.24) is 10.3 Å². The zero-order valence-electron chi connectivity index (χ0n) is 6.47. The van der Waals surface area contributed by atoms with Gasteiger partial charge in [0, 0.05) is 4.47 Å². The Kier molecular flexibility index (Phi) is 1.99. The van der Waals surface area contributed by atoms with E-state index in [1.54, 1.807) is 0 Å². The molecule has 1 heterocycles. The standard InChI is InChI=1S/C7H2BrF3N2O/c8-4-2-6-5(12-14-13-6)1-3(4)7(9,10)11/h1-2H. The third kappa shape index (κ3) is 1.47. The molecular formula is C7H2BrF3N2O. The van der Waals surface area contributed by atoms with Gasteiger partial charge in [0.1, 0.15) is 11.0 Å². The molecule has 0 saturated heterocycles. The van der Waals surface area contributed by atoms with E-state index in [2.05, 4.69) is 30.9 Å². The molecule has 0 aliphatic heterocycles. The molecule has 0 fully saturated rings. The summed E-state index contributed by atoms with van der Waals surface area (Å²) in [6.45, 7) is 0. The van der Waals surface area contributed by atoms with Gasteiger partial charge in [0.15, 0.2) is 0 Å². The SMILES string of the molecule is FC(F)(F)c1cc2nonc2cc1Br. The van der Waals surface area contributed by atoms with Crippen molar-refractivity contribution in [3.05, 3.63) is 22.2 Å². The van der Waals surface area contributed by atoms with E-state index < -0.39 is 11.7 Å². The van der Waals surface area contributed by atoms with Gasteiger partial charge in [0.05, 0.1) is 5.56 Å². The summed E-state index contributed by atoms with van der Waals surface area (Å²) in [4.78, 5) is 0. The molecule has 0 amide bonds. The minimum Gasteiger partial charge on any atom is -0.243 e. The van der Waals surface area contributed by atoms with Crippen LogP contribution in [0.1, 0.15) is 5.56 Å². The molecule has 0 atom stereocenters. The van der Waals surface area contributed by atoms with Crippen molar-refractivity contribution in [2.24, 2.45) is 0 Å². The van der Waals surface area contributed by atoms with Crippen LogP contribution in [-0.2, 0) is 6.18 Å². The van der Waals surface area contributed by atoms with Crippen molar-refractivity contribution in [3.63, 3.8) is 0 Å². The summed E-state index contributed by atoms with van der Waals surface area (Å²) >= 11 is 2.81. The van der Waals surface area contributed by atoms with Crippen LogP contribution < -0.4 is 0 Å². The summed E-state index contributed by atoms with van der Waals surface area (Å²) in [6.07, 6.45) is -4.41. The molecule has 14 heavy (non-hydrogen) atoms. The average Bonchev–Trinajstić information content (AvgIpc) is 2.47. The summed E-state index contributed by atoms with van der Waals surface area (Å²) in [6, 6.07) is 2.10. The fourth-order valence-electron chi connectivity index (χ4n) is 1.02. The van der Waals surface area contributed by atoms with Crippen molar-refractivity contribution in [3.8, 4) is 0 Å². The Balaban J connectivity index is 2.71. The monoisotopic (exact) mass is 266 g/mol. The summed E-state index contributed by atoms with van der Waals surface area (Å²) in [5.74, 6) is 0. The number of hydrogen-bond donors (Lipinski definition) is 0. The molecule has 74 valence electrons. The first-order valence-electron chi connectivity index (χ1n) is 3.47. The highest BCUT2D eigenvalue weighted by Crippen LogP contribution is 2.36. The molecule has 0 radical (unpaired) electrons. The van der Waals surface area contributed by atoms with Gasteiger partial charge in [-0.05, 0) is 22.4 Å². The zero-order valence-corrected chi connectivity index (χ0v) is 8.06. The smallest absolute Gasteiger partial charge is 0.243 e. The summed E-state index contributed by atoms with van der Waals surface area (Å²) in [5.41, 5.74) is -0.425. The number of halogens is 4. The number of fused-ring (bicyclic) bond motifs is 1. The minimum atomic E-state index is -4.41. The second-order valence-corrected chi connectivity index (χ2v) is 3.44. The number of aromatic nitrogens is 2. The van der Waals surface area contributed by atoms with Crippen LogP contribution in [0.4, 0.5) is 13.2 Å². The van der Waals surface area contributed by atoms with Crippen molar-refractivity contribution >= 4 is 27.0 Å². The fraction of sp³-hybridized carbons (Fsp3) is 0.143. The first-order chi connectivity index (χ1) is 6.48. The van der Waals surface area contributed by atoms with Gasteiger partial charge in [-0.25, -0.2) is 4.63 Å². The summed E-state index contributed by atoms with van der Waals surface area (Å²) in [7, 11) is 0. The highest BCUT2D eigenvalue weighted by Gasteiger charge is 2.33. The largest absolute Gasteiger partial charge is 0.417 e. The van der Waals surface area contributed by atoms with E-state index in [4.69, 9.17) is 0 Å². The molecule has 2 rings (SSSR count). The van der Waals surface area contributed by atoms with Gasteiger partial charge in [-0.15, -0.1) is 0 Å².